The standard InChI is InChI=1S/C54H71N4O5.Mg/c1-13-38-34(8)41-26-43-36(10)40(24-25-47(59)63-29-33(7)23-17-22-32(6)21-16-20-31(5)19-15-18-30(3)4)51(57-43)49-50(54(61)62-12)53(60)48-37(11)44(58-52(48)49)28-46-39(14-2)35(9)42(56-46)27-45(38)55-41;/h13,26-32,36,40,50H,1,14-25H2,2-12H3,(H-,55,56,57,58,60);/q-1;+2/p+1/b33-29+;/t31?,32?,36-,40-,50?;/m0./s1. The zero-order valence-corrected chi connectivity index (χ0v) is 42.1. The number of aryl methyl sites for hydroxylation is 2. The molecule has 1 aliphatic carbocycles. The number of H-pyrrole nitrogens is 2. The first kappa shape index (κ1) is 50.7. The minimum Gasteiger partial charge on any atom is -0.657 e. The molecule has 3 aromatic rings. The summed E-state index contributed by atoms with van der Waals surface area (Å²) in [7, 11) is 1.31. The van der Waals surface area contributed by atoms with Gasteiger partial charge in [0.2, 0.25) is 11.4 Å². The molecule has 0 saturated heterocycles. The summed E-state index contributed by atoms with van der Waals surface area (Å²) in [4.78, 5) is 59.0. The maximum absolute atomic E-state index is 14.4. The number of rotatable bonds is 19. The number of hydrogen-bond donors (Lipinski definition) is 0. The molecule has 3 aromatic heterocycles. The molecule has 0 radical (unpaired) electrons. The van der Waals surface area contributed by atoms with Crippen molar-refractivity contribution >= 4 is 80.1 Å². The zero-order chi connectivity index (χ0) is 45.7. The second kappa shape index (κ2) is 22.3. The van der Waals surface area contributed by atoms with Crippen LogP contribution in [-0.2, 0) is 19.1 Å². The van der Waals surface area contributed by atoms with E-state index in [1.54, 1.807) is 6.26 Å². The predicted octanol–water partition coefficient (Wildman–Crippen LogP) is 11.6. The number of esters is 2. The van der Waals surface area contributed by atoms with Crippen molar-refractivity contribution in [1.82, 2.24) is 9.97 Å². The Balaban J connectivity index is 0.00000771. The Morgan fingerprint density at radius 2 is 1.50 bits per heavy atom. The maximum Gasteiger partial charge on any atom is 2.00 e. The topological polar surface area (TPSA) is 126 Å². The first-order valence-corrected chi connectivity index (χ1v) is 23.7. The molecule has 64 heavy (non-hydrogen) atoms. The van der Waals surface area contributed by atoms with Crippen molar-refractivity contribution in [1.29, 1.82) is 0 Å². The minimum absolute atomic E-state index is 0. The van der Waals surface area contributed by atoms with E-state index in [9.17, 15) is 14.4 Å². The average Bonchev–Trinajstić information content (AvgIpc) is 3.99. The number of fused-ring (bicyclic) bond motifs is 8. The second-order valence-corrected chi connectivity index (χ2v) is 19.3. The van der Waals surface area contributed by atoms with Crippen molar-refractivity contribution in [2.24, 2.45) is 17.8 Å². The Morgan fingerprint density at radius 3 is 2.14 bits per heavy atom. The van der Waals surface area contributed by atoms with Gasteiger partial charge in [-0.3, -0.25) is 14.4 Å². The molecule has 6 rings (SSSR count). The van der Waals surface area contributed by atoms with Gasteiger partial charge in [0.25, 0.3) is 0 Å². The number of hydrogen-bond acceptors (Lipinski definition) is 5. The molecule has 0 amide bonds. The summed E-state index contributed by atoms with van der Waals surface area (Å²) in [6.45, 7) is 25.8. The quantitative estimate of drug-likeness (QED) is 0.0508. The van der Waals surface area contributed by atoms with Crippen molar-refractivity contribution in [3.8, 4) is 0 Å². The average molecular weight is 881 g/mol. The number of carbonyl (C=O) groups excluding carboxylic acids is 3. The molecule has 0 saturated carbocycles. The monoisotopic (exact) mass is 881 g/mol. The van der Waals surface area contributed by atoms with E-state index in [2.05, 4.69) is 77.1 Å². The zero-order valence-electron chi connectivity index (χ0n) is 40.7. The number of ketones is 1. The van der Waals surface area contributed by atoms with E-state index in [4.69, 9.17) is 19.4 Å². The summed E-state index contributed by atoms with van der Waals surface area (Å²) in [6.07, 6.45) is 15.8. The summed E-state index contributed by atoms with van der Waals surface area (Å²) in [5.74, 6) is -0.577. The number of carbonyl (C=O) groups is 3. The van der Waals surface area contributed by atoms with Crippen LogP contribution in [0.1, 0.15) is 206 Å². The van der Waals surface area contributed by atoms with Gasteiger partial charge < -0.3 is 19.4 Å². The van der Waals surface area contributed by atoms with Crippen LogP contribution in [0.5, 0.6) is 0 Å². The van der Waals surface area contributed by atoms with Gasteiger partial charge in [-0.1, -0.05) is 110 Å². The van der Waals surface area contributed by atoms with Gasteiger partial charge in [0, 0.05) is 28.7 Å². The van der Waals surface area contributed by atoms with Crippen LogP contribution in [0.3, 0.4) is 0 Å². The van der Waals surface area contributed by atoms with Gasteiger partial charge >= 0.3 is 35.0 Å². The van der Waals surface area contributed by atoms with Crippen molar-refractivity contribution < 1.29 is 33.8 Å². The molecule has 10 heteroatoms. The fourth-order valence-corrected chi connectivity index (χ4v) is 10.1. The van der Waals surface area contributed by atoms with Gasteiger partial charge in [0.1, 0.15) is 5.92 Å². The van der Waals surface area contributed by atoms with Gasteiger partial charge in [0.15, 0.2) is 17.2 Å². The van der Waals surface area contributed by atoms with Gasteiger partial charge in [-0.15, -0.1) is 22.1 Å². The van der Waals surface area contributed by atoms with E-state index in [0.29, 0.717) is 45.8 Å². The summed E-state index contributed by atoms with van der Waals surface area (Å²) < 4.78 is 11.0. The third-order valence-electron chi connectivity index (χ3n) is 14.1. The van der Waals surface area contributed by atoms with E-state index in [0.717, 1.165) is 93.5 Å². The number of methoxy groups -OCH3 is 1. The van der Waals surface area contributed by atoms with E-state index in [1.165, 1.54) is 45.6 Å². The SMILES string of the molecule is C=Cc1c(C)c2cc3[nH+]c(c4c5[n-]c(cc6[nH+]c(cc1[n-]2)C(C)=C6CC)c(C)c5C(=O)C4C(=O)OC)[C@@H](CCC(=O)O/C=C(\C)CCCC(C)CCCC(C)CCCC(C)C)[C@@H]3C.[Mg+2]. The molecule has 338 valence electrons. The van der Waals surface area contributed by atoms with Crippen LogP contribution in [0, 0.1) is 31.6 Å². The summed E-state index contributed by atoms with van der Waals surface area (Å²) in [5, 5.41) is 0. The molecule has 3 aliphatic rings. The molecule has 3 unspecified atom stereocenters. The normalized spacial score (nSPS) is 18.0. The molecule has 0 fully saturated rings. The Kier molecular flexibility index (Phi) is 17.6. The van der Waals surface area contributed by atoms with E-state index in [-0.39, 0.29) is 53.1 Å². The van der Waals surface area contributed by atoms with Crippen LogP contribution < -0.4 is 19.9 Å². The number of aromatic amines is 2. The maximum atomic E-state index is 14.4. The van der Waals surface area contributed by atoms with Crippen LogP contribution in [0.4, 0.5) is 0 Å². The molecule has 2 N–H and O–H groups in total. The molecule has 0 spiro atoms. The molecular formula is C54H72MgN4O5+2. The number of Topliss-reactive ketones (excluding diaryl/α,β-unsaturated/α-hetero) is 1. The van der Waals surface area contributed by atoms with Gasteiger partial charge in [-0.2, -0.15) is 0 Å². The van der Waals surface area contributed by atoms with Crippen molar-refractivity contribution in [2.75, 3.05) is 7.11 Å². The largest absolute Gasteiger partial charge is 2.00 e. The minimum atomic E-state index is -1.18. The number of allylic oxidation sites excluding steroid dienone is 3. The van der Waals surface area contributed by atoms with E-state index >= 15 is 0 Å². The smallest absolute Gasteiger partial charge is 0.657 e. The molecule has 5 atom stereocenters. The molecule has 9 nitrogen and oxygen atoms in total. The molecule has 2 aliphatic heterocycles. The fraction of sp³-hybridized carbons (Fsp3) is 0.537. The van der Waals surface area contributed by atoms with Gasteiger partial charge in [-0.05, 0) is 100 Å². The van der Waals surface area contributed by atoms with Crippen molar-refractivity contribution in [2.45, 2.75) is 164 Å². The van der Waals surface area contributed by atoms with Gasteiger partial charge in [0.05, 0.1) is 25.2 Å². The van der Waals surface area contributed by atoms with Crippen LogP contribution >= 0.6 is 0 Å². The van der Waals surface area contributed by atoms with Crippen LogP contribution in [0.25, 0.3) is 39.3 Å². The summed E-state index contributed by atoms with van der Waals surface area (Å²) in [5.41, 5.74) is 13.1. The van der Waals surface area contributed by atoms with Crippen LogP contribution in [0.2, 0.25) is 0 Å². The second-order valence-electron chi connectivity index (χ2n) is 19.3. The Morgan fingerprint density at radius 1 is 0.859 bits per heavy atom. The first-order valence-electron chi connectivity index (χ1n) is 23.7. The fourth-order valence-electron chi connectivity index (χ4n) is 10.1. The van der Waals surface area contributed by atoms with Crippen molar-refractivity contribution in [3.05, 3.63) is 87.2 Å². The van der Waals surface area contributed by atoms with E-state index < -0.39 is 11.9 Å². The number of ether oxygens (including phenoxy) is 2. The molecule has 0 aromatic carbocycles. The molecule has 8 bridgehead atoms. The Hall–Kier alpha value is -4.28. The number of nitrogens with zero attached hydrogens (tertiary/aromatic N) is 2. The van der Waals surface area contributed by atoms with Gasteiger partial charge in [-0.25, -0.2) is 9.97 Å². The van der Waals surface area contributed by atoms with Crippen LogP contribution in [-0.4, -0.2) is 47.9 Å². The number of aromatic nitrogens is 4. The first-order chi connectivity index (χ1) is 30.1. The van der Waals surface area contributed by atoms with E-state index in [1.807, 2.05) is 32.9 Å². The predicted molar refractivity (Wildman–Crippen MR) is 259 cm³/mol. The number of nitrogens with one attached hydrogen (secondary N) is 2. The Labute approximate surface area is 397 Å². The summed E-state index contributed by atoms with van der Waals surface area (Å²) >= 11 is 0. The molecule has 5 heterocycles. The third-order valence-corrected chi connectivity index (χ3v) is 14.1. The summed E-state index contributed by atoms with van der Waals surface area (Å²) in [6, 6.07) is 6.14. The molecular weight excluding hydrogens is 809 g/mol. The van der Waals surface area contributed by atoms with Crippen LogP contribution in [0.15, 0.2) is 36.6 Å². The van der Waals surface area contributed by atoms with Crippen molar-refractivity contribution in [3.63, 3.8) is 0 Å². The Bertz CT molecular complexity index is 2470. The third kappa shape index (κ3) is 11.0.